The molecule has 13 heteroatoms. The highest BCUT2D eigenvalue weighted by molar-refractivity contribution is 5.96. The lowest BCUT2D eigenvalue weighted by Crippen LogP contribution is -2.46. The van der Waals surface area contributed by atoms with Gasteiger partial charge in [0, 0.05) is 24.2 Å². The lowest BCUT2D eigenvalue weighted by atomic mass is 10.1. The highest BCUT2D eigenvalue weighted by Gasteiger charge is 2.23. The van der Waals surface area contributed by atoms with Crippen LogP contribution in [-0.4, -0.2) is 91.2 Å². The van der Waals surface area contributed by atoms with E-state index in [1.54, 1.807) is 0 Å². The Kier molecular flexibility index (Phi) is 8.50. The zero-order valence-corrected chi connectivity index (χ0v) is 17.1. The van der Waals surface area contributed by atoms with Gasteiger partial charge < -0.3 is 56.2 Å². The molecular formula is C20H24N2O11. The number of benzene rings is 2. The Labute approximate surface area is 186 Å². The fourth-order valence-electron chi connectivity index (χ4n) is 2.71. The predicted octanol–water partition coefficient (Wildman–Crippen LogP) is -1.18. The van der Waals surface area contributed by atoms with Crippen LogP contribution in [0.4, 0.5) is 0 Å². The molecule has 0 saturated carbocycles. The van der Waals surface area contributed by atoms with Crippen LogP contribution in [0.2, 0.25) is 0 Å². The van der Waals surface area contributed by atoms with Gasteiger partial charge in [0.25, 0.3) is 11.8 Å². The lowest BCUT2D eigenvalue weighted by Gasteiger charge is -2.24. The number of carbonyl (C=O) groups is 2. The number of hydrogen-bond donors (Lipinski definition) is 10. The number of aliphatic hydroxyl groups excluding tert-OH is 2. The molecule has 0 aliphatic heterocycles. The second kappa shape index (κ2) is 11.1. The Bertz CT molecular complexity index is 965. The molecule has 2 atom stereocenters. The number of nitrogens with one attached hydrogen (secondary N) is 2. The topological polar surface area (TPSA) is 229 Å². The Morgan fingerprint density at radius 2 is 1.15 bits per heavy atom. The van der Waals surface area contributed by atoms with Crippen molar-refractivity contribution in [2.24, 2.45) is 0 Å². The second-order valence-corrected chi connectivity index (χ2v) is 6.85. The molecule has 0 saturated heterocycles. The predicted molar refractivity (Wildman–Crippen MR) is 110 cm³/mol. The highest BCUT2D eigenvalue weighted by atomic mass is 16.5. The molecule has 33 heavy (non-hydrogen) atoms. The van der Waals surface area contributed by atoms with E-state index in [0.29, 0.717) is 0 Å². The monoisotopic (exact) mass is 468 g/mol. The van der Waals surface area contributed by atoms with Crippen LogP contribution in [0.25, 0.3) is 0 Å². The molecule has 2 aromatic carbocycles. The Balaban J connectivity index is 2.00. The fraction of sp³-hybridized carbons (Fsp3) is 0.300. The third-order valence-corrected chi connectivity index (χ3v) is 4.45. The molecule has 13 nitrogen and oxygen atoms in total. The van der Waals surface area contributed by atoms with Gasteiger partial charge in [-0.05, 0) is 24.3 Å². The Morgan fingerprint density at radius 1 is 0.758 bits per heavy atom. The van der Waals surface area contributed by atoms with E-state index >= 15 is 0 Å². The number of rotatable bonds is 10. The van der Waals surface area contributed by atoms with Gasteiger partial charge in [0.15, 0.2) is 34.5 Å². The average Bonchev–Trinajstić information content (AvgIpc) is 2.78. The van der Waals surface area contributed by atoms with E-state index < -0.39 is 71.7 Å². The van der Waals surface area contributed by atoms with Gasteiger partial charge in [-0.15, -0.1) is 0 Å². The third-order valence-electron chi connectivity index (χ3n) is 4.45. The number of hydrogen-bond acceptors (Lipinski definition) is 11. The minimum absolute atomic E-state index is 0.196. The highest BCUT2D eigenvalue weighted by Crippen LogP contribution is 2.36. The summed E-state index contributed by atoms with van der Waals surface area (Å²) in [5.41, 5.74) is -0.401. The number of aliphatic hydroxyl groups is 2. The van der Waals surface area contributed by atoms with Crippen LogP contribution in [0, 0.1) is 0 Å². The molecule has 0 fully saturated rings. The maximum absolute atomic E-state index is 12.3. The standard InChI is InChI=1S/C20H24N2O11/c23-1-2-33-16(8-22-20(32)10-5-13(26)18(30)14(27)6-10)15(28)7-21-19(31)9-3-11(24)17(29)12(25)4-9/h3-6,15-16,23-30H,1-2,7-8H2,(H,21,31)(H,22,32)/t15-,16+/m0/s1. The van der Waals surface area contributed by atoms with Gasteiger partial charge in [-0.25, -0.2) is 0 Å². The summed E-state index contributed by atoms with van der Waals surface area (Å²) >= 11 is 0. The summed E-state index contributed by atoms with van der Waals surface area (Å²) in [5.74, 6) is -6.07. The molecule has 10 N–H and O–H groups in total. The molecule has 0 spiro atoms. The van der Waals surface area contributed by atoms with Gasteiger partial charge >= 0.3 is 0 Å². The van der Waals surface area contributed by atoms with Crippen LogP contribution >= 0.6 is 0 Å². The summed E-state index contributed by atoms with van der Waals surface area (Å²) < 4.78 is 5.28. The van der Waals surface area contributed by atoms with Gasteiger partial charge in [0.1, 0.15) is 6.10 Å². The van der Waals surface area contributed by atoms with Gasteiger partial charge in [0.05, 0.1) is 19.3 Å². The first-order valence-corrected chi connectivity index (χ1v) is 9.52. The van der Waals surface area contributed by atoms with Crippen molar-refractivity contribution in [1.29, 1.82) is 0 Å². The van der Waals surface area contributed by atoms with E-state index in [4.69, 9.17) is 9.84 Å². The van der Waals surface area contributed by atoms with Crippen LogP contribution in [0.1, 0.15) is 20.7 Å². The lowest BCUT2D eigenvalue weighted by molar-refractivity contribution is -0.0435. The fourth-order valence-corrected chi connectivity index (χ4v) is 2.71. The van der Waals surface area contributed by atoms with Crippen LogP contribution in [0.3, 0.4) is 0 Å². The molecule has 0 aromatic heterocycles. The summed E-state index contributed by atoms with van der Waals surface area (Å²) in [5, 5.41) is 80.7. The second-order valence-electron chi connectivity index (χ2n) is 6.85. The first-order valence-electron chi connectivity index (χ1n) is 9.52. The van der Waals surface area contributed by atoms with Crippen LogP contribution in [0.5, 0.6) is 34.5 Å². The van der Waals surface area contributed by atoms with E-state index in [2.05, 4.69) is 10.6 Å². The maximum Gasteiger partial charge on any atom is 0.251 e. The van der Waals surface area contributed by atoms with Crippen LogP contribution < -0.4 is 10.6 Å². The molecule has 0 aliphatic carbocycles. The van der Waals surface area contributed by atoms with Crippen molar-refractivity contribution >= 4 is 11.8 Å². The first-order chi connectivity index (χ1) is 15.5. The summed E-state index contributed by atoms with van der Waals surface area (Å²) in [4.78, 5) is 24.5. The van der Waals surface area contributed by atoms with E-state index in [1.807, 2.05) is 0 Å². The largest absolute Gasteiger partial charge is 0.504 e. The maximum atomic E-state index is 12.3. The average molecular weight is 468 g/mol. The van der Waals surface area contributed by atoms with Crippen LogP contribution in [-0.2, 0) is 4.74 Å². The Morgan fingerprint density at radius 3 is 1.55 bits per heavy atom. The van der Waals surface area contributed by atoms with Gasteiger partial charge in [-0.3, -0.25) is 9.59 Å². The molecule has 0 unspecified atom stereocenters. The summed E-state index contributed by atoms with van der Waals surface area (Å²) in [6.45, 7) is -1.30. The van der Waals surface area contributed by atoms with Crippen molar-refractivity contribution in [3.63, 3.8) is 0 Å². The van der Waals surface area contributed by atoms with Gasteiger partial charge in [-0.1, -0.05) is 0 Å². The summed E-state index contributed by atoms with van der Waals surface area (Å²) in [6.07, 6.45) is -2.50. The normalized spacial score (nSPS) is 12.7. The van der Waals surface area contributed by atoms with Crippen molar-refractivity contribution in [3.05, 3.63) is 35.4 Å². The molecule has 2 aromatic rings. The van der Waals surface area contributed by atoms with E-state index in [-0.39, 0.29) is 24.3 Å². The van der Waals surface area contributed by atoms with Crippen molar-refractivity contribution in [1.82, 2.24) is 10.6 Å². The van der Waals surface area contributed by atoms with Crippen molar-refractivity contribution < 1.29 is 55.2 Å². The van der Waals surface area contributed by atoms with E-state index in [9.17, 15) is 45.3 Å². The van der Waals surface area contributed by atoms with E-state index in [1.165, 1.54) is 0 Å². The zero-order valence-electron chi connectivity index (χ0n) is 17.1. The number of phenols is 6. The third kappa shape index (κ3) is 6.52. The quantitative estimate of drug-likeness (QED) is 0.186. The van der Waals surface area contributed by atoms with Crippen LogP contribution in [0.15, 0.2) is 24.3 Å². The molecule has 0 heterocycles. The minimum atomic E-state index is -1.39. The molecular weight excluding hydrogens is 444 g/mol. The number of amides is 2. The zero-order chi connectivity index (χ0) is 24.7. The van der Waals surface area contributed by atoms with Crippen molar-refractivity contribution in [2.75, 3.05) is 26.3 Å². The smallest absolute Gasteiger partial charge is 0.251 e. The molecule has 180 valence electrons. The molecule has 2 amide bonds. The van der Waals surface area contributed by atoms with Gasteiger partial charge in [0.2, 0.25) is 0 Å². The molecule has 0 radical (unpaired) electrons. The number of aromatic hydroxyl groups is 6. The number of phenolic OH excluding ortho intramolecular Hbond substituents is 6. The number of ether oxygens (including phenoxy) is 1. The van der Waals surface area contributed by atoms with Crippen molar-refractivity contribution in [3.8, 4) is 34.5 Å². The molecule has 0 bridgehead atoms. The van der Waals surface area contributed by atoms with Crippen molar-refractivity contribution in [2.45, 2.75) is 12.2 Å². The SMILES string of the molecule is O=C(NC[C@H](O)[C@@H](CNC(=O)c1cc(O)c(O)c(O)c1)OCCO)c1cc(O)c(O)c(O)c1. The van der Waals surface area contributed by atoms with Gasteiger partial charge in [-0.2, -0.15) is 0 Å². The van der Waals surface area contributed by atoms with E-state index in [0.717, 1.165) is 24.3 Å². The molecule has 2 rings (SSSR count). The minimum Gasteiger partial charge on any atom is -0.504 e. The Hall–Kier alpha value is -3.94. The number of carbonyl (C=O) groups excluding carboxylic acids is 2. The summed E-state index contributed by atoms with van der Waals surface area (Å²) in [7, 11) is 0. The molecule has 0 aliphatic rings. The first kappa shape index (κ1) is 25.3. The summed E-state index contributed by atoms with van der Waals surface area (Å²) in [6, 6.07) is 3.62.